The van der Waals surface area contributed by atoms with Gasteiger partial charge in [-0.3, -0.25) is 4.68 Å². The zero-order valence-corrected chi connectivity index (χ0v) is 9.61. The normalized spacial score (nSPS) is 18.0. The molecule has 1 atom stereocenters. The van der Waals surface area contributed by atoms with E-state index < -0.39 is 0 Å². The van der Waals surface area contributed by atoms with E-state index in [9.17, 15) is 0 Å². The smallest absolute Gasteiger partial charge is 0.138 e. The summed E-state index contributed by atoms with van der Waals surface area (Å²) < 4.78 is 1.87. The van der Waals surface area contributed by atoms with Crippen LogP contribution in [0.5, 0.6) is 0 Å². The van der Waals surface area contributed by atoms with Gasteiger partial charge in [-0.2, -0.15) is 5.10 Å². The molecule has 15 heavy (non-hydrogen) atoms. The third-order valence-electron chi connectivity index (χ3n) is 3.14. The lowest BCUT2D eigenvalue weighted by molar-refractivity contribution is 0.439. The summed E-state index contributed by atoms with van der Waals surface area (Å²) in [4.78, 5) is 4.25. The molecule has 1 N–H and O–H groups in total. The zero-order chi connectivity index (χ0) is 10.7. The Labute approximate surface area is 91.1 Å². The third kappa shape index (κ3) is 2.78. The Balaban J connectivity index is 1.82. The quantitative estimate of drug-likeness (QED) is 0.762. The van der Waals surface area contributed by atoms with Gasteiger partial charge in [0, 0.05) is 19.5 Å². The second-order valence-electron chi connectivity index (χ2n) is 4.34. The standard InChI is InChI=1S/C11H20N4/c1-3-12-10(9-4-5-9)6-7-11-13-8-14-15(11)2/h8-10,12H,3-7H2,1-2H3. The number of hydrogen-bond donors (Lipinski definition) is 1. The maximum absolute atomic E-state index is 4.25. The SMILES string of the molecule is CCNC(CCc1ncnn1C)C1CC1. The molecule has 0 amide bonds. The summed E-state index contributed by atoms with van der Waals surface area (Å²) in [7, 11) is 1.96. The van der Waals surface area contributed by atoms with E-state index in [1.807, 2.05) is 11.7 Å². The van der Waals surface area contributed by atoms with Gasteiger partial charge in [-0.15, -0.1) is 0 Å². The molecule has 2 rings (SSSR count). The highest BCUT2D eigenvalue weighted by atomic mass is 15.3. The number of aromatic nitrogens is 3. The lowest BCUT2D eigenvalue weighted by atomic mass is 10.1. The fraction of sp³-hybridized carbons (Fsp3) is 0.818. The highest BCUT2D eigenvalue weighted by molar-refractivity contribution is 4.91. The van der Waals surface area contributed by atoms with Crippen LogP contribution in [0.3, 0.4) is 0 Å². The number of nitrogens with one attached hydrogen (secondary N) is 1. The van der Waals surface area contributed by atoms with Crippen molar-refractivity contribution in [3.05, 3.63) is 12.2 Å². The summed E-state index contributed by atoms with van der Waals surface area (Å²) in [5.41, 5.74) is 0. The van der Waals surface area contributed by atoms with E-state index in [0.29, 0.717) is 6.04 Å². The number of hydrogen-bond acceptors (Lipinski definition) is 3. The Hall–Kier alpha value is -0.900. The van der Waals surface area contributed by atoms with E-state index in [2.05, 4.69) is 22.3 Å². The van der Waals surface area contributed by atoms with Gasteiger partial charge in [0.1, 0.15) is 12.2 Å². The van der Waals surface area contributed by atoms with Crippen molar-refractivity contribution < 1.29 is 0 Å². The predicted molar refractivity (Wildman–Crippen MR) is 59.5 cm³/mol. The molecular weight excluding hydrogens is 188 g/mol. The van der Waals surface area contributed by atoms with E-state index in [1.165, 1.54) is 19.3 Å². The molecule has 1 aliphatic rings. The molecule has 1 heterocycles. The number of aryl methyl sites for hydroxylation is 2. The van der Waals surface area contributed by atoms with Gasteiger partial charge in [0.2, 0.25) is 0 Å². The van der Waals surface area contributed by atoms with Crippen molar-refractivity contribution in [2.24, 2.45) is 13.0 Å². The van der Waals surface area contributed by atoms with Crippen LogP contribution in [0.25, 0.3) is 0 Å². The van der Waals surface area contributed by atoms with Crippen LogP contribution in [0.4, 0.5) is 0 Å². The van der Waals surface area contributed by atoms with Crippen LogP contribution in [0.1, 0.15) is 32.0 Å². The van der Waals surface area contributed by atoms with Crippen LogP contribution >= 0.6 is 0 Å². The average Bonchev–Trinajstić information content (AvgIpc) is 2.98. The second-order valence-corrected chi connectivity index (χ2v) is 4.34. The topological polar surface area (TPSA) is 42.7 Å². The van der Waals surface area contributed by atoms with Crippen LogP contribution in [-0.4, -0.2) is 27.4 Å². The van der Waals surface area contributed by atoms with Gasteiger partial charge in [0.15, 0.2) is 0 Å². The highest BCUT2D eigenvalue weighted by Crippen LogP contribution is 2.34. The monoisotopic (exact) mass is 208 g/mol. The van der Waals surface area contributed by atoms with E-state index in [1.54, 1.807) is 6.33 Å². The molecule has 0 bridgehead atoms. The molecule has 1 saturated carbocycles. The first-order valence-electron chi connectivity index (χ1n) is 5.87. The fourth-order valence-corrected chi connectivity index (χ4v) is 2.10. The van der Waals surface area contributed by atoms with Crippen LogP contribution in [0.15, 0.2) is 6.33 Å². The van der Waals surface area contributed by atoms with E-state index in [-0.39, 0.29) is 0 Å². The zero-order valence-electron chi connectivity index (χ0n) is 9.61. The maximum Gasteiger partial charge on any atom is 0.138 e. The minimum absolute atomic E-state index is 0.687. The lowest BCUT2D eigenvalue weighted by Crippen LogP contribution is -2.31. The first kappa shape index (κ1) is 10.6. The van der Waals surface area contributed by atoms with Crippen LogP contribution < -0.4 is 5.32 Å². The van der Waals surface area contributed by atoms with Crippen molar-refractivity contribution in [3.8, 4) is 0 Å². The fourth-order valence-electron chi connectivity index (χ4n) is 2.10. The molecule has 1 unspecified atom stereocenters. The Kier molecular flexibility index (Phi) is 3.36. The van der Waals surface area contributed by atoms with Crippen LogP contribution in [0.2, 0.25) is 0 Å². The van der Waals surface area contributed by atoms with E-state index in [0.717, 1.165) is 24.7 Å². The number of nitrogens with zero attached hydrogens (tertiary/aromatic N) is 3. The van der Waals surface area contributed by atoms with Crippen LogP contribution in [0, 0.1) is 5.92 Å². The molecule has 84 valence electrons. The van der Waals surface area contributed by atoms with Gasteiger partial charge in [-0.05, 0) is 31.7 Å². The number of rotatable bonds is 6. The van der Waals surface area contributed by atoms with Gasteiger partial charge >= 0.3 is 0 Å². The molecular formula is C11H20N4. The van der Waals surface area contributed by atoms with Gasteiger partial charge in [-0.1, -0.05) is 6.92 Å². The Morgan fingerprint density at radius 2 is 2.40 bits per heavy atom. The first-order valence-corrected chi connectivity index (χ1v) is 5.87. The molecule has 1 fully saturated rings. The summed E-state index contributed by atoms with van der Waals surface area (Å²) >= 11 is 0. The first-order chi connectivity index (χ1) is 7.31. The maximum atomic E-state index is 4.25. The molecule has 4 heteroatoms. The van der Waals surface area contributed by atoms with E-state index in [4.69, 9.17) is 0 Å². The van der Waals surface area contributed by atoms with Crippen molar-refractivity contribution in [2.45, 2.75) is 38.6 Å². The van der Waals surface area contributed by atoms with Gasteiger partial charge < -0.3 is 5.32 Å². The Morgan fingerprint density at radius 3 is 2.93 bits per heavy atom. The Morgan fingerprint density at radius 1 is 1.60 bits per heavy atom. The van der Waals surface area contributed by atoms with Crippen molar-refractivity contribution in [1.82, 2.24) is 20.1 Å². The summed E-state index contributed by atoms with van der Waals surface area (Å²) in [5, 5.41) is 7.66. The van der Waals surface area contributed by atoms with Crippen LogP contribution in [-0.2, 0) is 13.5 Å². The Bertz CT molecular complexity index is 303. The van der Waals surface area contributed by atoms with Crippen molar-refractivity contribution in [2.75, 3.05) is 6.54 Å². The largest absolute Gasteiger partial charge is 0.314 e. The van der Waals surface area contributed by atoms with Gasteiger partial charge in [0.05, 0.1) is 0 Å². The summed E-state index contributed by atoms with van der Waals surface area (Å²) in [6, 6.07) is 0.687. The third-order valence-corrected chi connectivity index (χ3v) is 3.14. The molecule has 0 aromatic carbocycles. The van der Waals surface area contributed by atoms with Crippen molar-refractivity contribution >= 4 is 0 Å². The minimum Gasteiger partial charge on any atom is -0.314 e. The average molecular weight is 208 g/mol. The molecule has 4 nitrogen and oxygen atoms in total. The van der Waals surface area contributed by atoms with Gasteiger partial charge in [-0.25, -0.2) is 4.98 Å². The molecule has 0 spiro atoms. The lowest BCUT2D eigenvalue weighted by Gasteiger charge is -2.16. The molecule has 0 radical (unpaired) electrons. The molecule has 1 aromatic heterocycles. The summed E-state index contributed by atoms with van der Waals surface area (Å²) in [6.07, 6.45) is 6.65. The highest BCUT2D eigenvalue weighted by Gasteiger charge is 2.30. The molecule has 0 saturated heterocycles. The molecule has 1 aliphatic carbocycles. The van der Waals surface area contributed by atoms with Crippen molar-refractivity contribution in [1.29, 1.82) is 0 Å². The van der Waals surface area contributed by atoms with Gasteiger partial charge in [0.25, 0.3) is 0 Å². The molecule has 1 aromatic rings. The van der Waals surface area contributed by atoms with E-state index >= 15 is 0 Å². The molecule has 0 aliphatic heterocycles. The van der Waals surface area contributed by atoms with Crippen molar-refractivity contribution in [3.63, 3.8) is 0 Å². The minimum atomic E-state index is 0.687. The summed E-state index contributed by atoms with van der Waals surface area (Å²) in [6.45, 7) is 3.25. The predicted octanol–water partition coefficient (Wildman–Crippen LogP) is 1.14. The second kappa shape index (κ2) is 4.75. The summed E-state index contributed by atoms with van der Waals surface area (Å²) in [5.74, 6) is 2.01.